The molecule has 0 unspecified atom stereocenters. The summed E-state index contributed by atoms with van der Waals surface area (Å²) in [6.45, 7) is 3.68. The highest BCUT2D eigenvalue weighted by Crippen LogP contribution is 2.25. The van der Waals surface area contributed by atoms with Crippen LogP contribution in [0.5, 0.6) is 0 Å². The summed E-state index contributed by atoms with van der Waals surface area (Å²) in [6, 6.07) is 10.3. The summed E-state index contributed by atoms with van der Waals surface area (Å²) in [6.07, 6.45) is 0.684. The van der Waals surface area contributed by atoms with Crippen LogP contribution in [0.3, 0.4) is 0 Å². The standard InChI is InChI=1S/C17H18Cl2N2O3S/c1-3-11(2)21-25(23,24)14-7-4-12(5-8-14)17(22)20-13-6-9-15(18)16(19)10-13/h4-11,21H,3H2,1-2H3,(H,20,22)/t11-/m1/s1. The summed E-state index contributed by atoms with van der Waals surface area (Å²) < 4.78 is 27.0. The van der Waals surface area contributed by atoms with Crippen LogP contribution in [0.1, 0.15) is 30.6 Å². The van der Waals surface area contributed by atoms with Crippen molar-refractivity contribution in [3.8, 4) is 0 Å². The van der Waals surface area contributed by atoms with Crippen LogP contribution in [0, 0.1) is 0 Å². The highest BCUT2D eigenvalue weighted by Gasteiger charge is 2.17. The molecular formula is C17H18Cl2N2O3S. The lowest BCUT2D eigenvalue weighted by molar-refractivity contribution is 0.102. The molecule has 0 saturated carbocycles. The van der Waals surface area contributed by atoms with Crippen molar-refractivity contribution in [1.82, 2.24) is 4.72 Å². The predicted molar refractivity (Wildman–Crippen MR) is 101 cm³/mol. The van der Waals surface area contributed by atoms with Crippen LogP contribution in [0.4, 0.5) is 5.69 Å². The van der Waals surface area contributed by atoms with Gasteiger partial charge in [0.1, 0.15) is 0 Å². The van der Waals surface area contributed by atoms with Crippen LogP contribution >= 0.6 is 23.2 Å². The molecular weight excluding hydrogens is 383 g/mol. The number of halogens is 2. The normalized spacial score (nSPS) is 12.6. The topological polar surface area (TPSA) is 75.3 Å². The Labute approximate surface area is 157 Å². The summed E-state index contributed by atoms with van der Waals surface area (Å²) in [4.78, 5) is 12.4. The van der Waals surface area contributed by atoms with Gasteiger partial charge in [-0.2, -0.15) is 0 Å². The third-order valence-electron chi connectivity index (χ3n) is 3.57. The fourth-order valence-electron chi connectivity index (χ4n) is 1.98. The maximum absolute atomic E-state index is 12.2. The maximum atomic E-state index is 12.2. The molecule has 0 aliphatic rings. The number of hydrogen-bond donors (Lipinski definition) is 2. The van der Waals surface area contributed by atoms with E-state index in [1.54, 1.807) is 19.1 Å². The van der Waals surface area contributed by atoms with Gasteiger partial charge in [0, 0.05) is 17.3 Å². The van der Waals surface area contributed by atoms with Gasteiger partial charge in [-0.25, -0.2) is 13.1 Å². The molecule has 2 aromatic carbocycles. The number of sulfonamides is 1. The quantitative estimate of drug-likeness (QED) is 0.757. The van der Waals surface area contributed by atoms with Crippen molar-refractivity contribution in [2.75, 3.05) is 5.32 Å². The van der Waals surface area contributed by atoms with E-state index < -0.39 is 10.0 Å². The number of benzene rings is 2. The van der Waals surface area contributed by atoms with Gasteiger partial charge in [0.2, 0.25) is 10.0 Å². The first kappa shape index (κ1) is 19.7. The van der Waals surface area contributed by atoms with Gasteiger partial charge in [0.05, 0.1) is 14.9 Å². The van der Waals surface area contributed by atoms with Gasteiger partial charge in [-0.3, -0.25) is 4.79 Å². The van der Waals surface area contributed by atoms with Gasteiger partial charge in [-0.1, -0.05) is 30.1 Å². The lowest BCUT2D eigenvalue weighted by atomic mass is 10.2. The Balaban J connectivity index is 2.13. The molecule has 1 amide bonds. The molecule has 0 saturated heterocycles. The average molecular weight is 401 g/mol. The zero-order chi connectivity index (χ0) is 18.6. The van der Waals surface area contributed by atoms with E-state index in [1.165, 1.54) is 30.3 Å². The molecule has 25 heavy (non-hydrogen) atoms. The van der Waals surface area contributed by atoms with Crippen molar-refractivity contribution < 1.29 is 13.2 Å². The average Bonchev–Trinajstić information content (AvgIpc) is 2.57. The number of carbonyl (C=O) groups is 1. The number of carbonyl (C=O) groups excluding carboxylic acids is 1. The van der Waals surface area contributed by atoms with Gasteiger partial charge in [0.25, 0.3) is 5.91 Å². The van der Waals surface area contributed by atoms with Crippen LogP contribution in [0.15, 0.2) is 47.4 Å². The fourth-order valence-corrected chi connectivity index (χ4v) is 3.60. The Bertz CT molecular complexity index is 868. The van der Waals surface area contributed by atoms with Crippen molar-refractivity contribution in [3.05, 3.63) is 58.1 Å². The first-order valence-corrected chi connectivity index (χ1v) is 9.85. The summed E-state index contributed by atoms with van der Waals surface area (Å²) >= 11 is 11.7. The van der Waals surface area contributed by atoms with E-state index in [9.17, 15) is 13.2 Å². The molecule has 0 aliphatic heterocycles. The molecule has 1 atom stereocenters. The minimum Gasteiger partial charge on any atom is -0.322 e. The van der Waals surface area contributed by atoms with Crippen LogP contribution in [-0.2, 0) is 10.0 Å². The second-order valence-electron chi connectivity index (χ2n) is 5.54. The van der Waals surface area contributed by atoms with Crippen molar-refractivity contribution in [3.63, 3.8) is 0 Å². The zero-order valence-electron chi connectivity index (χ0n) is 13.7. The first-order chi connectivity index (χ1) is 11.7. The number of hydrogen-bond acceptors (Lipinski definition) is 3. The van der Waals surface area contributed by atoms with Crippen molar-refractivity contribution in [2.45, 2.75) is 31.2 Å². The van der Waals surface area contributed by atoms with E-state index in [4.69, 9.17) is 23.2 Å². The Hall–Kier alpha value is -1.60. The van der Waals surface area contributed by atoms with E-state index >= 15 is 0 Å². The van der Waals surface area contributed by atoms with Crippen molar-refractivity contribution in [1.29, 1.82) is 0 Å². The Morgan fingerprint density at radius 2 is 1.72 bits per heavy atom. The Kier molecular flexibility index (Phi) is 6.46. The Morgan fingerprint density at radius 1 is 1.08 bits per heavy atom. The van der Waals surface area contributed by atoms with Gasteiger partial charge >= 0.3 is 0 Å². The molecule has 0 fully saturated rings. The number of amides is 1. The third-order valence-corrected chi connectivity index (χ3v) is 5.92. The molecule has 2 N–H and O–H groups in total. The number of anilines is 1. The van der Waals surface area contributed by atoms with E-state index in [-0.39, 0.29) is 16.8 Å². The summed E-state index contributed by atoms with van der Waals surface area (Å²) in [5.41, 5.74) is 0.822. The summed E-state index contributed by atoms with van der Waals surface area (Å²) in [5, 5.41) is 3.40. The second kappa shape index (κ2) is 8.19. The lowest BCUT2D eigenvalue weighted by Crippen LogP contribution is -2.32. The summed E-state index contributed by atoms with van der Waals surface area (Å²) in [7, 11) is -3.60. The Morgan fingerprint density at radius 3 is 2.28 bits per heavy atom. The first-order valence-electron chi connectivity index (χ1n) is 7.61. The maximum Gasteiger partial charge on any atom is 0.255 e. The van der Waals surface area contributed by atoms with E-state index in [0.29, 0.717) is 27.7 Å². The molecule has 0 aromatic heterocycles. The van der Waals surface area contributed by atoms with Gasteiger partial charge < -0.3 is 5.32 Å². The molecule has 0 spiro atoms. The van der Waals surface area contributed by atoms with Crippen molar-refractivity contribution in [2.24, 2.45) is 0 Å². The SMILES string of the molecule is CC[C@@H](C)NS(=O)(=O)c1ccc(C(=O)Nc2ccc(Cl)c(Cl)c2)cc1. The monoisotopic (exact) mass is 400 g/mol. The molecule has 134 valence electrons. The van der Waals surface area contributed by atoms with Gasteiger partial charge in [0.15, 0.2) is 0 Å². The van der Waals surface area contributed by atoms with E-state index in [2.05, 4.69) is 10.0 Å². The molecule has 2 aromatic rings. The van der Waals surface area contributed by atoms with Gasteiger partial charge in [-0.05, 0) is 55.8 Å². The molecule has 5 nitrogen and oxygen atoms in total. The molecule has 8 heteroatoms. The predicted octanol–water partition coefficient (Wildman–Crippen LogP) is 4.32. The number of nitrogens with one attached hydrogen (secondary N) is 2. The smallest absolute Gasteiger partial charge is 0.255 e. The zero-order valence-corrected chi connectivity index (χ0v) is 16.0. The molecule has 2 rings (SSSR count). The summed E-state index contributed by atoms with van der Waals surface area (Å²) in [5.74, 6) is -0.378. The fraction of sp³-hybridized carbons (Fsp3) is 0.235. The van der Waals surface area contributed by atoms with Crippen LogP contribution < -0.4 is 10.0 Å². The second-order valence-corrected chi connectivity index (χ2v) is 8.07. The third kappa shape index (κ3) is 5.19. The molecule has 0 aliphatic carbocycles. The lowest BCUT2D eigenvalue weighted by Gasteiger charge is -2.12. The minimum atomic E-state index is -3.60. The largest absolute Gasteiger partial charge is 0.322 e. The van der Waals surface area contributed by atoms with Gasteiger partial charge in [-0.15, -0.1) is 0 Å². The molecule has 0 radical (unpaired) electrons. The van der Waals surface area contributed by atoms with Crippen LogP contribution in [-0.4, -0.2) is 20.4 Å². The molecule has 0 heterocycles. The van der Waals surface area contributed by atoms with Crippen LogP contribution in [0.2, 0.25) is 10.0 Å². The highest BCUT2D eigenvalue weighted by atomic mass is 35.5. The number of rotatable bonds is 6. The minimum absolute atomic E-state index is 0.110. The van der Waals surface area contributed by atoms with E-state index in [0.717, 1.165) is 0 Å². The van der Waals surface area contributed by atoms with Crippen LogP contribution in [0.25, 0.3) is 0 Å². The highest BCUT2D eigenvalue weighted by molar-refractivity contribution is 7.89. The van der Waals surface area contributed by atoms with Crippen molar-refractivity contribution >= 4 is 44.8 Å². The molecule has 0 bridgehead atoms. The van der Waals surface area contributed by atoms with E-state index in [1.807, 2.05) is 6.92 Å².